The highest BCUT2D eigenvalue weighted by atomic mass is 16.5. The van der Waals surface area contributed by atoms with E-state index >= 15 is 0 Å². The zero-order valence-electron chi connectivity index (χ0n) is 14.1. The van der Waals surface area contributed by atoms with Crippen molar-refractivity contribution in [3.63, 3.8) is 0 Å². The molecule has 1 amide bonds. The molecule has 0 spiro atoms. The average molecular weight is 329 g/mol. The number of aryl methyl sites for hydroxylation is 2. The van der Waals surface area contributed by atoms with E-state index in [1.54, 1.807) is 18.0 Å². The minimum Gasteiger partial charge on any atom is -0.497 e. The van der Waals surface area contributed by atoms with Gasteiger partial charge in [0.15, 0.2) is 0 Å². The van der Waals surface area contributed by atoms with Crippen LogP contribution in [0.1, 0.15) is 17.5 Å². The van der Waals surface area contributed by atoms with Crippen molar-refractivity contribution in [1.29, 1.82) is 0 Å². The highest BCUT2D eigenvalue weighted by molar-refractivity contribution is 5.76. The fraction of sp³-hybridized carbons (Fsp3) is 0.444. The molecule has 0 aliphatic carbocycles. The second-order valence-electron chi connectivity index (χ2n) is 6.18. The molecule has 1 aromatic carbocycles. The molecule has 0 radical (unpaired) electrons. The van der Waals surface area contributed by atoms with E-state index < -0.39 is 0 Å². The average Bonchev–Trinajstić information content (AvgIpc) is 3.02. The first-order chi connectivity index (χ1) is 11.6. The molecule has 2 aromatic rings. The van der Waals surface area contributed by atoms with E-state index in [2.05, 4.69) is 10.4 Å². The first-order valence-electron chi connectivity index (χ1n) is 8.18. The number of carbonyl (C=O) groups excluding carboxylic acids is 1. The minimum absolute atomic E-state index is 0.0689. The number of carbonyl (C=O) groups is 1. The van der Waals surface area contributed by atoms with Crippen LogP contribution in [0, 0.1) is 5.92 Å². The van der Waals surface area contributed by atoms with Crippen molar-refractivity contribution in [2.75, 3.05) is 20.3 Å². The molecule has 3 rings (SSSR count). The molecule has 0 bridgehead atoms. The second kappa shape index (κ2) is 7.38. The lowest BCUT2D eigenvalue weighted by atomic mass is 9.96. The summed E-state index contributed by atoms with van der Waals surface area (Å²) >= 11 is 0. The minimum atomic E-state index is 0.0689. The smallest absolute Gasteiger partial charge is 0.220 e. The molecule has 0 saturated carbocycles. The lowest BCUT2D eigenvalue weighted by Crippen LogP contribution is -2.34. The van der Waals surface area contributed by atoms with Gasteiger partial charge in [-0.25, -0.2) is 0 Å². The van der Waals surface area contributed by atoms with E-state index in [1.807, 2.05) is 31.4 Å². The second-order valence-corrected chi connectivity index (χ2v) is 6.18. The summed E-state index contributed by atoms with van der Waals surface area (Å²) in [5.41, 5.74) is 2.24. The first-order valence-corrected chi connectivity index (χ1v) is 8.18. The summed E-state index contributed by atoms with van der Waals surface area (Å²) in [6.07, 6.45) is 5.83. The molecule has 1 atom stereocenters. The molecule has 1 N–H and O–H groups in total. The van der Waals surface area contributed by atoms with Gasteiger partial charge in [-0.3, -0.25) is 9.48 Å². The van der Waals surface area contributed by atoms with Gasteiger partial charge in [0.25, 0.3) is 0 Å². The number of hydrogen-bond acceptors (Lipinski definition) is 4. The van der Waals surface area contributed by atoms with E-state index in [1.165, 1.54) is 0 Å². The van der Waals surface area contributed by atoms with Crippen LogP contribution in [0.25, 0.3) is 0 Å². The van der Waals surface area contributed by atoms with Crippen molar-refractivity contribution in [2.24, 2.45) is 13.0 Å². The van der Waals surface area contributed by atoms with Crippen molar-refractivity contribution >= 4 is 5.91 Å². The third kappa shape index (κ3) is 4.07. The van der Waals surface area contributed by atoms with Gasteiger partial charge in [0.2, 0.25) is 5.91 Å². The summed E-state index contributed by atoms with van der Waals surface area (Å²) in [6, 6.07) is 5.89. The largest absolute Gasteiger partial charge is 0.497 e. The first kappa shape index (κ1) is 16.4. The number of amides is 1. The number of rotatable bonds is 6. The van der Waals surface area contributed by atoms with E-state index in [0.29, 0.717) is 31.9 Å². The van der Waals surface area contributed by atoms with Crippen LogP contribution in [0.4, 0.5) is 0 Å². The third-order valence-electron chi connectivity index (χ3n) is 4.24. The van der Waals surface area contributed by atoms with Gasteiger partial charge < -0.3 is 14.8 Å². The van der Waals surface area contributed by atoms with E-state index in [9.17, 15) is 4.79 Å². The molecule has 0 fully saturated rings. The Balaban J connectivity index is 1.44. The van der Waals surface area contributed by atoms with Crippen LogP contribution in [0.2, 0.25) is 0 Å². The van der Waals surface area contributed by atoms with Crippen LogP contribution in [0.3, 0.4) is 0 Å². The summed E-state index contributed by atoms with van der Waals surface area (Å²) in [5, 5.41) is 7.12. The molecule has 1 aromatic heterocycles. The Morgan fingerprint density at radius 1 is 1.50 bits per heavy atom. The van der Waals surface area contributed by atoms with Gasteiger partial charge in [0, 0.05) is 38.2 Å². The van der Waals surface area contributed by atoms with Crippen molar-refractivity contribution in [2.45, 2.75) is 19.3 Å². The molecule has 128 valence electrons. The highest BCUT2D eigenvalue weighted by Gasteiger charge is 2.20. The maximum Gasteiger partial charge on any atom is 0.220 e. The molecular formula is C18H23N3O3. The maximum absolute atomic E-state index is 12.0. The lowest BCUT2D eigenvalue weighted by molar-refractivity contribution is -0.121. The van der Waals surface area contributed by atoms with Gasteiger partial charge in [0.05, 0.1) is 19.9 Å². The number of ether oxygens (including phenoxy) is 2. The number of fused-ring (bicyclic) bond motifs is 1. The van der Waals surface area contributed by atoms with Gasteiger partial charge >= 0.3 is 0 Å². The standard InChI is InChI=1S/C18H23N3O3/c1-21-11-13(10-20-21)3-6-18(22)19-9-14-7-15-4-5-16(23-2)8-17(15)24-12-14/h4-5,8,10-11,14H,3,6-7,9,12H2,1-2H3,(H,19,22)/t14-/m0/s1. The van der Waals surface area contributed by atoms with Crippen molar-refractivity contribution in [1.82, 2.24) is 15.1 Å². The maximum atomic E-state index is 12.0. The molecule has 0 unspecified atom stereocenters. The number of methoxy groups -OCH3 is 1. The Labute approximate surface area is 141 Å². The Bertz CT molecular complexity index is 711. The monoisotopic (exact) mass is 329 g/mol. The summed E-state index contributed by atoms with van der Waals surface area (Å²) in [4.78, 5) is 12.0. The number of aromatic nitrogens is 2. The van der Waals surface area contributed by atoms with Crippen LogP contribution >= 0.6 is 0 Å². The van der Waals surface area contributed by atoms with Gasteiger partial charge in [-0.2, -0.15) is 5.10 Å². The highest BCUT2D eigenvalue weighted by Crippen LogP contribution is 2.30. The predicted octanol–water partition coefficient (Wildman–Crippen LogP) is 1.73. The Kier molecular flexibility index (Phi) is 5.03. The van der Waals surface area contributed by atoms with Crippen LogP contribution in [-0.4, -0.2) is 35.9 Å². The van der Waals surface area contributed by atoms with E-state index in [-0.39, 0.29) is 5.91 Å². The Hall–Kier alpha value is -2.50. The Morgan fingerprint density at radius 3 is 3.12 bits per heavy atom. The zero-order chi connectivity index (χ0) is 16.9. The summed E-state index contributed by atoms with van der Waals surface area (Å²) in [6.45, 7) is 1.25. The van der Waals surface area contributed by atoms with Gasteiger partial charge in [-0.15, -0.1) is 0 Å². The molecule has 24 heavy (non-hydrogen) atoms. The fourth-order valence-electron chi connectivity index (χ4n) is 2.88. The SMILES string of the molecule is COc1ccc2c(c1)OC[C@H](CNC(=O)CCc1cnn(C)c1)C2. The molecule has 0 saturated heterocycles. The van der Waals surface area contributed by atoms with Crippen molar-refractivity contribution < 1.29 is 14.3 Å². The summed E-state index contributed by atoms with van der Waals surface area (Å²) < 4.78 is 12.8. The number of hydrogen-bond donors (Lipinski definition) is 1. The predicted molar refractivity (Wildman–Crippen MR) is 90.2 cm³/mol. The van der Waals surface area contributed by atoms with E-state index in [0.717, 1.165) is 29.0 Å². The summed E-state index contributed by atoms with van der Waals surface area (Å²) in [7, 11) is 3.52. The molecular weight excluding hydrogens is 306 g/mol. The Morgan fingerprint density at radius 2 is 2.38 bits per heavy atom. The molecule has 2 heterocycles. The van der Waals surface area contributed by atoms with Crippen LogP contribution in [0.5, 0.6) is 11.5 Å². The van der Waals surface area contributed by atoms with Gasteiger partial charge in [-0.1, -0.05) is 6.07 Å². The molecule has 6 nitrogen and oxygen atoms in total. The molecule has 1 aliphatic rings. The van der Waals surface area contributed by atoms with Crippen LogP contribution in [-0.2, 0) is 24.7 Å². The van der Waals surface area contributed by atoms with Crippen LogP contribution in [0.15, 0.2) is 30.6 Å². The lowest BCUT2D eigenvalue weighted by Gasteiger charge is -2.25. The topological polar surface area (TPSA) is 65.4 Å². The van der Waals surface area contributed by atoms with Crippen molar-refractivity contribution in [3.8, 4) is 11.5 Å². The van der Waals surface area contributed by atoms with Gasteiger partial charge in [0.1, 0.15) is 11.5 Å². The zero-order valence-corrected chi connectivity index (χ0v) is 14.1. The number of nitrogens with zero attached hydrogens (tertiary/aromatic N) is 2. The van der Waals surface area contributed by atoms with Crippen molar-refractivity contribution in [3.05, 3.63) is 41.7 Å². The quantitative estimate of drug-likeness (QED) is 0.876. The fourth-order valence-corrected chi connectivity index (χ4v) is 2.88. The van der Waals surface area contributed by atoms with Crippen LogP contribution < -0.4 is 14.8 Å². The number of nitrogens with one attached hydrogen (secondary N) is 1. The third-order valence-corrected chi connectivity index (χ3v) is 4.24. The normalized spacial score (nSPS) is 16.2. The van der Waals surface area contributed by atoms with E-state index in [4.69, 9.17) is 9.47 Å². The number of benzene rings is 1. The summed E-state index contributed by atoms with van der Waals surface area (Å²) in [5.74, 6) is 2.05. The molecule has 1 aliphatic heterocycles. The molecule has 6 heteroatoms. The van der Waals surface area contributed by atoms with Gasteiger partial charge in [-0.05, 0) is 30.0 Å².